The first-order valence-electron chi connectivity index (χ1n) is 10.3. The van der Waals surface area contributed by atoms with Gasteiger partial charge in [-0.05, 0) is 48.4 Å². The Morgan fingerprint density at radius 3 is 2.68 bits per heavy atom. The summed E-state index contributed by atoms with van der Waals surface area (Å²) in [6.45, 7) is 1.31. The van der Waals surface area contributed by atoms with Gasteiger partial charge in [0.05, 0.1) is 11.9 Å². The fraction of sp³-hybridized carbons (Fsp3) is 0.208. The summed E-state index contributed by atoms with van der Waals surface area (Å²) in [6, 6.07) is 18.3. The van der Waals surface area contributed by atoms with Crippen LogP contribution in [0.1, 0.15) is 18.4 Å². The van der Waals surface area contributed by atoms with Crippen LogP contribution in [0, 0.1) is 5.82 Å². The van der Waals surface area contributed by atoms with Gasteiger partial charge in [-0.15, -0.1) is 5.10 Å². The standard InChI is InChI=1S/C24H22FN5O/c1-28(16-17-4-2-5-19(25)14-17)23-12-11-22-26-15-21(30(22)27-23)18-7-9-20(10-8-18)29-13-3-6-24(29)31/h2,4-5,7-12,14-15H,3,6,13,16H2,1H3. The fourth-order valence-corrected chi connectivity index (χ4v) is 3.99. The highest BCUT2D eigenvalue weighted by molar-refractivity contribution is 5.95. The number of carbonyl (C=O) groups excluding carboxylic acids is 1. The van der Waals surface area contributed by atoms with Gasteiger partial charge in [-0.2, -0.15) is 0 Å². The fourth-order valence-electron chi connectivity index (χ4n) is 3.99. The maximum absolute atomic E-state index is 13.5. The molecule has 0 radical (unpaired) electrons. The summed E-state index contributed by atoms with van der Waals surface area (Å²) in [7, 11) is 1.93. The number of hydrogen-bond donors (Lipinski definition) is 0. The van der Waals surface area contributed by atoms with E-state index in [0.29, 0.717) is 13.0 Å². The van der Waals surface area contributed by atoms with Crippen LogP contribution in [0.5, 0.6) is 0 Å². The molecular weight excluding hydrogens is 393 g/mol. The molecule has 0 spiro atoms. The molecule has 0 N–H and O–H groups in total. The molecule has 31 heavy (non-hydrogen) atoms. The van der Waals surface area contributed by atoms with Gasteiger partial charge in [0.1, 0.15) is 11.6 Å². The van der Waals surface area contributed by atoms with Gasteiger partial charge in [0.15, 0.2) is 5.65 Å². The first-order chi connectivity index (χ1) is 15.1. The van der Waals surface area contributed by atoms with Crippen molar-refractivity contribution in [2.45, 2.75) is 19.4 Å². The lowest BCUT2D eigenvalue weighted by Crippen LogP contribution is -2.23. The Morgan fingerprint density at radius 1 is 1.10 bits per heavy atom. The Balaban J connectivity index is 1.43. The highest BCUT2D eigenvalue weighted by atomic mass is 19.1. The molecule has 156 valence electrons. The molecule has 0 bridgehead atoms. The van der Waals surface area contributed by atoms with E-state index in [0.717, 1.165) is 46.9 Å². The molecule has 1 amide bonds. The zero-order valence-corrected chi connectivity index (χ0v) is 17.2. The lowest BCUT2D eigenvalue weighted by Gasteiger charge is -2.18. The van der Waals surface area contributed by atoms with Gasteiger partial charge in [-0.3, -0.25) is 4.79 Å². The minimum atomic E-state index is -0.245. The largest absolute Gasteiger partial charge is 0.354 e. The summed E-state index contributed by atoms with van der Waals surface area (Å²) in [4.78, 5) is 20.3. The molecule has 7 heteroatoms. The van der Waals surface area contributed by atoms with Gasteiger partial charge >= 0.3 is 0 Å². The molecule has 0 atom stereocenters. The van der Waals surface area contributed by atoms with Crippen molar-refractivity contribution < 1.29 is 9.18 Å². The number of rotatable bonds is 5. The molecule has 4 aromatic rings. The van der Waals surface area contributed by atoms with Gasteiger partial charge in [-0.25, -0.2) is 13.9 Å². The first kappa shape index (κ1) is 19.2. The summed E-state index contributed by atoms with van der Waals surface area (Å²) < 4.78 is 15.3. The molecule has 0 unspecified atom stereocenters. The van der Waals surface area contributed by atoms with Crippen molar-refractivity contribution in [1.29, 1.82) is 0 Å². The van der Waals surface area contributed by atoms with Crippen molar-refractivity contribution >= 4 is 23.1 Å². The Hall–Kier alpha value is -3.74. The molecular formula is C24H22FN5O. The van der Waals surface area contributed by atoms with Crippen LogP contribution in [-0.2, 0) is 11.3 Å². The van der Waals surface area contributed by atoms with Gasteiger partial charge < -0.3 is 9.80 Å². The minimum Gasteiger partial charge on any atom is -0.354 e. The number of halogens is 1. The van der Waals surface area contributed by atoms with E-state index < -0.39 is 0 Å². The van der Waals surface area contributed by atoms with Crippen molar-refractivity contribution in [2.75, 3.05) is 23.4 Å². The second kappa shape index (κ2) is 7.83. The SMILES string of the molecule is CN(Cc1cccc(F)c1)c1ccc2ncc(-c3ccc(N4CCCC4=O)cc3)n2n1. The molecule has 1 aliphatic heterocycles. The Labute approximate surface area is 179 Å². The van der Waals surface area contributed by atoms with Crippen molar-refractivity contribution in [3.63, 3.8) is 0 Å². The van der Waals surface area contributed by atoms with Crippen LogP contribution in [0.2, 0.25) is 0 Å². The first-order valence-corrected chi connectivity index (χ1v) is 10.3. The second-order valence-electron chi connectivity index (χ2n) is 7.79. The number of nitrogens with zero attached hydrogens (tertiary/aromatic N) is 5. The number of aromatic nitrogens is 3. The van der Waals surface area contributed by atoms with Crippen LogP contribution in [0.3, 0.4) is 0 Å². The van der Waals surface area contributed by atoms with Crippen LogP contribution < -0.4 is 9.80 Å². The molecule has 1 saturated heterocycles. The topological polar surface area (TPSA) is 53.7 Å². The Kier molecular flexibility index (Phi) is 4.86. The van der Waals surface area contributed by atoms with E-state index >= 15 is 0 Å². The number of amides is 1. The second-order valence-corrected chi connectivity index (χ2v) is 7.79. The van der Waals surface area contributed by atoms with Crippen LogP contribution in [-0.4, -0.2) is 34.1 Å². The van der Waals surface area contributed by atoms with Crippen molar-refractivity contribution in [3.05, 3.63) is 78.2 Å². The molecule has 3 heterocycles. The van der Waals surface area contributed by atoms with Crippen LogP contribution in [0.4, 0.5) is 15.9 Å². The smallest absolute Gasteiger partial charge is 0.227 e. The zero-order valence-electron chi connectivity index (χ0n) is 17.2. The Morgan fingerprint density at radius 2 is 1.94 bits per heavy atom. The quantitative estimate of drug-likeness (QED) is 0.488. The third-order valence-electron chi connectivity index (χ3n) is 5.60. The average Bonchev–Trinajstić information content (AvgIpc) is 3.39. The number of carbonyl (C=O) groups is 1. The highest BCUT2D eigenvalue weighted by Gasteiger charge is 2.21. The summed E-state index contributed by atoms with van der Waals surface area (Å²) >= 11 is 0. The van der Waals surface area contributed by atoms with Crippen molar-refractivity contribution in [2.24, 2.45) is 0 Å². The summed E-state index contributed by atoms with van der Waals surface area (Å²) in [5, 5.41) is 4.76. The predicted molar refractivity (Wildman–Crippen MR) is 119 cm³/mol. The van der Waals surface area contributed by atoms with E-state index in [4.69, 9.17) is 5.10 Å². The van der Waals surface area contributed by atoms with Gasteiger partial charge in [-0.1, -0.05) is 24.3 Å². The molecule has 0 aliphatic carbocycles. The van der Waals surface area contributed by atoms with Crippen molar-refractivity contribution in [1.82, 2.24) is 14.6 Å². The van der Waals surface area contributed by atoms with E-state index in [1.54, 1.807) is 12.3 Å². The monoisotopic (exact) mass is 415 g/mol. The molecule has 1 aliphatic rings. The lowest BCUT2D eigenvalue weighted by atomic mass is 10.1. The van der Waals surface area contributed by atoms with E-state index in [2.05, 4.69) is 4.98 Å². The zero-order chi connectivity index (χ0) is 21.4. The normalized spacial score (nSPS) is 13.9. The predicted octanol–water partition coefficient (Wildman–Crippen LogP) is 4.30. The number of fused-ring (bicyclic) bond motifs is 1. The average molecular weight is 415 g/mol. The third kappa shape index (κ3) is 3.74. The summed E-state index contributed by atoms with van der Waals surface area (Å²) in [6.07, 6.45) is 3.32. The van der Waals surface area contributed by atoms with E-state index in [1.807, 2.05) is 63.8 Å². The summed E-state index contributed by atoms with van der Waals surface area (Å²) in [5.74, 6) is 0.691. The molecule has 2 aromatic carbocycles. The Bertz CT molecular complexity index is 1250. The summed E-state index contributed by atoms with van der Waals surface area (Å²) in [5.41, 5.74) is 4.39. The van der Waals surface area contributed by atoms with Crippen LogP contribution in [0.15, 0.2) is 66.9 Å². The highest BCUT2D eigenvalue weighted by Crippen LogP contribution is 2.27. The van der Waals surface area contributed by atoms with Crippen molar-refractivity contribution in [3.8, 4) is 11.3 Å². The molecule has 2 aromatic heterocycles. The minimum absolute atomic E-state index is 0.176. The number of benzene rings is 2. The molecule has 6 nitrogen and oxygen atoms in total. The number of anilines is 2. The van der Waals surface area contributed by atoms with E-state index in [-0.39, 0.29) is 11.7 Å². The van der Waals surface area contributed by atoms with E-state index in [9.17, 15) is 9.18 Å². The number of imidazole rings is 1. The molecule has 0 saturated carbocycles. The molecule has 5 rings (SSSR count). The third-order valence-corrected chi connectivity index (χ3v) is 5.60. The van der Waals surface area contributed by atoms with Gasteiger partial charge in [0.25, 0.3) is 0 Å². The van der Waals surface area contributed by atoms with Gasteiger partial charge in [0.2, 0.25) is 5.91 Å². The lowest BCUT2D eigenvalue weighted by molar-refractivity contribution is -0.117. The maximum atomic E-state index is 13.5. The molecule has 1 fully saturated rings. The van der Waals surface area contributed by atoms with E-state index in [1.165, 1.54) is 12.1 Å². The number of hydrogen-bond acceptors (Lipinski definition) is 4. The van der Waals surface area contributed by atoms with Gasteiger partial charge in [0, 0.05) is 37.8 Å². The van der Waals surface area contributed by atoms with Crippen LogP contribution >= 0.6 is 0 Å². The van der Waals surface area contributed by atoms with Crippen LogP contribution in [0.25, 0.3) is 16.9 Å². The maximum Gasteiger partial charge on any atom is 0.227 e.